The van der Waals surface area contributed by atoms with Crippen molar-refractivity contribution in [1.82, 2.24) is 5.32 Å². The Bertz CT molecular complexity index is 700. The van der Waals surface area contributed by atoms with Gasteiger partial charge in [-0.05, 0) is 49.9 Å². The predicted molar refractivity (Wildman–Crippen MR) is 110 cm³/mol. The molecule has 1 amide bonds. The van der Waals surface area contributed by atoms with Crippen LogP contribution in [-0.4, -0.2) is 53.0 Å². The first-order chi connectivity index (χ1) is 13.4. The number of benzene rings is 1. The minimum atomic E-state index is -3.58. The fraction of sp³-hybridized carbons (Fsp3) is 0.650. The van der Waals surface area contributed by atoms with Crippen molar-refractivity contribution in [1.29, 1.82) is 0 Å². The molecule has 7 nitrogen and oxygen atoms in total. The van der Waals surface area contributed by atoms with Crippen LogP contribution in [0.4, 0.5) is 5.69 Å². The average molecular weight is 413 g/mol. The third-order valence-corrected chi connectivity index (χ3v) is 5.72. The summed E-state index contributed by atoms with van der Waals surface area (Å²) in [5.74, 6) is 0.336. The van der Waals surface area contributed by atoms with E-state index >= 15 is 0 Å². The zero-order chi connectivity index (χ0) is 20.4. The van der Waals surface area contributed by atoms with E-state index in [0.717, 1.165) is 29.8 Å². The number of anilines is 1. The van der Waals surface area contributed by atoms with Gasteiger partial charge in [-0.3, -0.25) is 9.10 Å². The first-order valence-corrected chi connectivity index (χ1v) is 11.8. The van der Waals surface area contributed by atoms with Crippen molar-refractivity contribution < 1.29 is 22.7 Å². The number of nitrogens with zero attached hydrogens (tertiary/aromatic N) is 1. The highest BCUT2D eigenvalue weighted by Crippen LogP contribution is 2.22. The molecule has 1 aromatic rings. The van der Waals surface area contributed by atoms with Gasteiger partial charge in [-0.2, -0.15) is 0 Å². The summed E-state index contributed by atoms with van der Waals surface area (Å²) in [6.07, 6.45) is 7.77. The normalized spacial score (nSPS) is 14.8. The molecule has 28 heavy (non-hydrogen) atoms. The van der Waals surface area contributed by atoms with E-state index in [1.807, 2.05) is 6.92 Å². The van der Waals surface area contributed by atoms with Crippen molar-refractivity contribution in [2.45, 2.75) is 51.6 Å². The van der Waals surface area contributed by atoms with Gasteiger partial charge in [0.25, 0.3) is 0 Å². The quantitative estimate of drug-likeness (QED) is 0.534. The van der Waals surface area contributed by atoms with Crippen LogP contribution in [0.15, 0.2) is 24.3 Å². The molecule has 0 bridgehead atoms. The standard InChI is InChI=1S/C20H32N2O5S/c1-3-14-26-19-11-9-17(10-12-19)22(28(2,24)25)16-20(23)21-13-6-15-27-18-7-4-5-8-18/h9-12,18H,3-8,13-16H2,1-2H3,(H,21,23). The second-order valence-electron chi connectivity index (χ2n) is 7.09. The molecule has 158 valence electrons. The number of amides is 1. The average Bonchev–Trinajstić information content (AvgIpc) is 3.17. The Kier molecular flexibility index (Phi) is 9.05. The minimum Gasteiger partial charge on any atom is -0.494 e. The lowest BCUT2D eigenvalue weighted by Gasteiger charge is -2.22. The molecule has 0 saturated heterocycles. The highest BCUT2D eigenvalue weighted by atomic mass is 32.2. The van der Waals surface area contributed by atoms with Crippen LogP contribution in [0.2, 0.25) is 0 Å². The maximum Gasteiger partial charge on any atom is 0.240 e. The van der Waals surface area contributed by atoms with Gasteiger partial charge in [0, 0.05) is 13.2 Å². The molecule has 0 atom stereocenters. The summed E-state index contributed by atoms with van der Waals surface area (Å²) in [4.78, 5) is 12.2. The van der Waals surface area contributed by atoms with E-state index in [-0.39, 0.29) is 12.5 Å². The zero-order valence-corrected chi connectivity index (χ0v) is 17.7. The first-order valence-electron chi connectivity index (χ1n) is 9.99. The lowest BCUT2D eigenvalue weighted by Crippen LogP contribution is -2.40. The van der Waals surface area contributed by atoms with Crippen LogP contribution in [0.25, 0.3) is 0 Å². The third kappa shape index (κ3) is 7.67. The topological polar surface area (TPSA) is 84.9 Å². The number of sulfonamides is 1. The highest BCUT2D eigenvalue weighted by molar-refractivity contribution is 7.92. The maximum atomic E-state index is 12.2. The van der Waals surface area contributed by atoms with Gasteiger partial charge in [-0.25, -0.2) is 8.42 Å². The molecule has 0 heterocycles. The van der Waals surface area contributed by atoms with Crippen LogP contribution < -0.4 is 14.4 Å². The summed E-state index contributed by atoms with van der Waals surface area (Å²) in [5, 5.41) is 2.77. The summed E-state index contributed by atoms with van der Waals surface area (Å²) >= 11 is 0. The molecule has 0 unspecified atom stereocenters. The smallest absolute Gasteiger partial charge is 0.240 e. The van der Waals surface area contributed by atoms with Gasteiger partial charge in [0.15, 0.2) is 0 Å². The van der Waals surface area contributed by atoms with Gasteiger partial charge < -0.3 is 14.8 Å². The zero-order valence-electron chi connectivity index (χ0n) is 16.9. The fourth-order valence-corrected chi connectivity index (χ4v) is 3.98. The number of nitrogens with one attached hydrogen (secondary N) is 1. The minimum absolute atomic E-state index is 0.253. The molecule has 1 fully saturated rings. The summed E-state index contributed by atoms with van der Waals surface area (Å²) in [5.41, 5.74) is 0.436. The van der Waals surface area contributed by atoms with E-state index in [2.05, 4.69) is 5.32 Å². The van der Waals surface area contributed by atoms with Crippen LogP contribution in [0, 0.1) is 0 Å². The molecule has 2 rings (SSSR count). The molecule has 8 heteroatoms. The largest absolute Gasteiger partial charge is 0.494 e. The number of rotatable bonds is 12. The first kappa shape index (κ1) is 22.5. The molecule has 1 aromatic carbocycles. The Morgan fingerprint density at radius 3 is 2.46 bits per heavy atom. The number of hydrogen-bond acceptors (Lipinski definition) is 5. The Hall–Kier alpha value is -1.80. The van der Waals surface area contributed by atoms with Crippen molar-refractivity contribution in [3.8, 4) is 5.75 Å². The SMILES string of the molecule is CCCOc1ccc(N(CC(=O)NCCCOC2CCCC2)S(C)(=O)=O)cc1. The van der Waals surface area contributed by atoms with Crippen LogP contribution in [0.3, 0.4) is 0 Å². The predicted octanol–water partition coefficient (Wildman–Crippen LogP) is 2.71. The molecule has 0 spiro atoms. The van der Waals surface area contributed by atoms with Gasteiger partial charge in [0.05, 0.1) is 24.7 Å². The van der Waals surface area contributed by atoms with E-state index in [9.17, 15) is 13.2 Å². The maximum absolute atomic E-state index is 12.2. The van der Waals surface area contributed by atoms with E-state index in [1.54, 1.807) is 24.3 Å². The molecule has 1 aliphatic rings. The molecular formula is C20H32N2O5S. The van der Waals surface area contributed by atoms with Gasteiger partial charge in [0.2, 0.25) is 15.9 Å². The molecular weight excluding hydrogens is 380 g/mol. The molecule has 1 N–H and O–H groups in total. The summed E-state index contributed by atoms with van der Waals surface area (Å²) in [6.45, 7) is 3.44. The summed E-state index contributed by atoms with van der Waals surface area (Å²) in [6, 6.07) is 6.71. The fourth-order valence-electron chi connectivity index (χ4n) is 3.12. The number of ether oxygens (including phenoxy) is 2. The van der Waals surface area contributed by atoms with E-state index in [4.69, 9.17) is 9.47 Å². The summed E-state index contributed by atoms with van der Waals surface area (Å²) < 4.78 is 36.7. The lowest BCUT2D eigenvalue weighted by atomic mass is 10.3. The van der Waals surface area contributed by atoms with Crippen LogP contribution in [0.5, 0.6) is 5.75 Å². The second kappa shape index (κ2) is 11.3. The number of carbonyl (C=O) groups excluding carboxylic acids is 1. The van der Waals surface area contributed by atoms with Crippen LogP contribution in [0.1, 0.15) is 45.4 Å². The Morgan fingerprint density at radius 2 is 1.86 bits per heavy atom. The van der Waals surface area contributed by atoms with E-state index in [0.29, 0.717) is 43.7 Å². The van der Waals surface area contributed by atoms with Crippen molar-refractivity contribution in [2.75, 3.05) is 36.9 Å². The molecule has 0 aliphatic heterocycles. The van der Waals surface area contributed by atoms with Crippen LogP contribution in [-0.2, 0) is 19.6 Å². The number of hydrogen-bond donors (Lipinski definition) is 1. The molecule has 1 aliphatic carbocycles. The van der Waals surface area contributed by atoms with Gasteiger partial charge in [-0.1, -0.05) is 19.8 Å². The lowest BCUT2D eigenvalue weighted by molar-refractivity contribution is -0.119. The molecule has 1 saturated carbocycles. The van der Waals surface area contributed by atoms with Gasteiger partial charge in [-0.15, -0.1) is 0 Å². The monoisotopic (exact) mass is 412 g/mol. The highest BCUT2D eigenvalue weighted by Gasteiger charge is 2.21. The van der Waals surface area contributed by atoms with Gasteiger partial charge >= 0.3 is 0 Å². The van der Waals surface area contributed by atoms with Crippen molar-refractivity contribution >= 4 is 21.6 Å². The van der Waals surface area contributed by atoms with Crippen molar-refractivity contribution in [2.24, 2.45) is 0 Å². The Balaban J connectivity index is 1.81. The van der Waals surface area contributed by atoms with E-state index in [1.165, 1.54) is 12.8 Å². The number of carbonyl (C=O) groups is 1. The molecule has 0 aromatic heterocycles. The van der Waals surface area contributed by atoms with Crippen molar-refractivity contribution in [3.05, 3.63) is 24.3 Å². The third-order valence-electron chi connectivity index (χ3n) is 4.58. The van der Waals surface area contributed by atoms with Gasteiger partial charge in [0.1, 0.15) is 12.3 Å². The molecule has 0 radical (unpaired) electrons. The van der Waals surface area contributed by atoms with Crippen LogP contribution >= 0.6 is 0 Å². The van der Waals surface area contributed by atoms with E-state index < -0.39 is 10.0 Å². The second-order valence-corrected chi connectivity index (χ2v) is 9.00. The Labute approximate surface area is 168 Å². The summed E-state index contributed by atoms with van der Waals surface area (Å²) in [7, 11) is -3.58. The Morgan fingerprint density at radius 1 is 1.18 bits per heavy atom. The van der Waals surface area contributed by atoms with Crippen molar-refractivity contribution in [3.63, 3.8) is 0 Å².